The van der Waals surface area contributed by atoms with Gasteiger partial charge in [0.15, 0.2) is 5.96 Å². The number of nitrogens with zero attached hydrogens (tertiary/aromatic N) is 1. The van der Waals surface area contributed by atoms with Crippen molar-refractivity contribution in [3.05, 3.63) is 63.6 Å². The number of hydrogen-bond acceptors (Lipinski definition) is 4. The van der Waals surface area contributed by atoms with Crippen LogP contribution in [0.2, 0.25) is 15.1 Å². The monoisotopic (exact) mass is 545 g/mol. The van der Waals surface area contributed by atoms with E-state index in [1.165, 1.54) is 0 Å². The Labute approximate surface area is 224 Å². The van der Waals surface area contributed by atoms with Gasteiger partial charge in [0.25, 0.3) is 0 Å². The first kappa shape index (κ1) is 25.9. The van der Waals surface area contributed by atoms with E-state index in [2.05, 4.69) is 32.7 Å². The van der Waals surface area contributed by atoms with Gasteiger partial charge >= 0.3 is 6.09 Å². The zero-order valence-electron chi connectivity index (χ0n) is 20.0. The zero-order chi connectivity index (χ0) is 26.0. The van der Waals surface area contributed by atoms with Crippen molar-refractivity contribution in [1.29, 1.82) is 0 Å². The third-order valence-electron chi connectivity index (χ3n) is 5.27. The fraction of sp³-hybridized carbons (Fsp3) is 0.231. The van der Waals surface area contributed by atoms with Crippen LogP contribution in [-0.4, -0.2) is 35.7 Å². The van der Waals surface area contributed by atoms with Crippen molar-refractivity contribution in [2.24, 2.45) is 10.7 Å². The zero-order valence-corrected chi connectivity index (χ0v) is 22.3. The van der Waals surface area contributed by atoms with Crippen LogP contribution in [0.5, 0.6) is 0 Å². The normalized spacial score (nSPS) is 12.2. The second kappa shape index (κ2) is 10.5. The van der Waals surface area contributed by atoms with Crippen molar-refractivity contribution < 1.29 is 9.53 Å². The van der Waals surface area contributed by atoms with E-state index in [0.29, 0.717) is 28.2 Å². The number of aromatic amines is 1. The molecule has 0 aliphatic carbocycles. The van der Waals surface area contributed by atoms with Gasteiger partial charge in [-0.1, -0.05) is 46.9 Å². The maximum Gasteiger partial charge on any atom is 0.414 e. The highest BCUT2D eigenvalue weighted by atomic mass is 35.5. The summed E-state index contributed by atoms with van der Waals surface area (Å²) in [5, 5.41) is 9.46. The number of rotatable bonds is 5. The third kappa shape index (κ3) is 6.16. The van der Waals surface area contributed by atoms with Gasteiger partial charge in [-0.25, -0.2) is 4.79 Å². The van der Waals surface area contributed by atoms with E-state index in [9.17, 15) is 4.79 Å². The number of ether oxygens (including phenoxy) is 1. The van der Waals surface area contributed by atoms with Crippen LogP contribution in [-0.2, 0) is 4.74 Å². The molecule has 1 aromatic heterocycles. The van der Waals surface area contributed by atoms with Crippen LogP contribution < -0.4 is 16.4 Å². The van der Waals surface area contributed by atoms with Crippen molar-refractivity contribution >= 4 is 74.3 Å². The van der Waals surface area contributed by atoms with Crippen LogP contribution in [0.1, 0.15) is 20.8 Å². The topological polar surface area (TPSA) is 105 Å². The fourth-order valence-corrected chi connectivity index (χ4v) is 4.23. The first-order valence-electron chi connectivity index (χ1n) is 11.2. The largest absolute Gasteiger partial charge is 0.444 e. The number of fused-ring (bicyclic) bond motifs is 3. The van der Waals surface area contributed by atoms with Crippen molar-refractivity contribution in [2.45, 2.75) is 26.4 Å². The highest BCUT2D eigenvalue weighted by molar-refractivity contribution is 6.43. The van der Waals surface area contributed by atoms with Gasteiger partial charge in [0.05, 0.1) is 16.6 Å². The lowest BCUT2D eigenvalue weighted by Crippen LogP contribution is -2.40. The molecule has 0 aliphatic heterocycles. The standard InChI is InChI=1S/C26H26Cl3N5O2/c1-26(2,3)36-25(35)34-24(30)32-9-8-31-21-12-18-17-10-19(28)20(29)13-23(17)33-22(18)11-16(21)14-4-6-15(27)7-5-14/h4-7,10-13,31,33H,8-9H2,1-3H3,(H3,30,32,34,35). The highest BCUT2D eigenvalue weighted by Crippen LogP contribution is 2.38. The number of aromatic nitrogens is 1. The van der Waals surface area contributed by atoms with Crippen LogP contribution >= 0.6 is 34.8 Å². The maximum atomic E-state index is 11.9. The van der Waals surface area contributed by atoms with Crippen molar-refractivity contribution in [3.8, 4) is 11.1 Å². The minimum atomic E-state index is -0.648. The van der Waals surface area contributed by atoms with Gasteiger partial charge in [-0.3, -0.25) is 10.3 Å². The van der Waals surface area contributed by atoms with E-state index in [4.69, 9.17) is 45.3 Å². The number of benzene rings is 3. The molecule has 0 unspecified atom stereocenters. The molecule has 3 aromatic carbocycles. The summed E-state index contributed by atoms with van der Waals surface area (Å²) < 4.78 is 5.18. The molecule has 0 saturated heterocycles. The number of alkyl carbamates (subject to hydrolysis) is 1. The number of H-pyrrole nitrogens is 1. The summed E-state index contributed by atoms with van der Waals surface area (Å²) in [6.07, 6.45) is -0.648. The molecule has 0 saturated carbocycles. The molecule has 10 heteroatoms. The first-order chi connectivity index (χ1) is 17.0. The Balaban J connectivity index is 1.60. The Hall–Kier alpha value is -3.13. The first-order valence-corrected chi connectivity index (χ1v) is 12.4. The summed E-state index contributed by atoms with van der Waals surface area (Å²) in [6.45, 7) is 6.12. The number of anilines is 1. The van der Waals surface area contributed by atoms with Gasteiger partial charge in [-0.05, 0) is 62.7 Å². The lowest BCUT2D eigenvalue weighted by Gasteiger charge is -2.19. The lowest BCUT2D eigenvalue weighted by molar-refractivity contribution is 0.0562. The fourth-order valence-electron chi connectivity index (χ4n) is 3.77. The highest BCUT2D eigenvalue weighted by Gasteiger charge is 2.17. The Kier molecular flexibility index (Phi) is 7.54. The average Bonchev–Trinajstić information content (AvgIpc) is 3.11. The minimum absolute atomic E-state index is 0.0115. The second-order valence-corrected chi connectivity index (χ2v) is 10.5. The molecule has 1 amide bonds. The lowest BCUT2D eigenvalue weighted by atomic mass is 10.0. The van der Waals surface area contributed by atoms with Crippen molar-refractivity contribution in [2.75, 3.05) is 18.4 Å². The Morgan fingerprint density at radius 3 is 2.33 bits per heavy atom. The van der Waals surface area contributed by atoms with E-state index >= 15 is 0 Å². The second-order valence-electron chi connectivity index (χ2n) is 9.21. The number of nitrogens with two attached hydrogens (primary N) is 1. The molecule has 188 valence electrons. The number of halogens is 3. The van der Waals surface area contributed by atoms with Crippen molar-refractivity contribution in [1.82, 2.24) is 10.3 Å². The van der Waals surface area contributed by atoms with E-state index in [-0.39, 0.29) is 5.96 Å². The van der Waals surface area contributed by atoms with E-state index in [1.807, 2.05) is 36.4 Å². The van der Waals surface area contributed by atoms with Gasteiger partial charge in [-0.2, -0.15) is 0 Å². The summed E-state index contributed by atoms with van der Waals surface area (Å²) in [5.41, 5.74) is 9.91. The van der Waals surface area contributed by atoms with Gasteiger partial charge in [0.2, 0.25) is 0 Å². The smallest absolute Gasteiger partial charge is 0.414 e. The molecule has 4 aromatic rings. The van der Waals surface area contributed by atoms with Gasteiger partial charge in [0.1, 0.15) is 5.60 Å². The summed E-state index contributed by atoms with van der Waals surface area (Å²) in [6, 6.07) is 15.4. The predicted octanol–water partition coefficient (Wildman–Crippen LogP) is 7.20. The van der Waals surface area contributed by atoms with Crippen molar-refractivity contribution in [3.63, 3.8) is 0 Å². The molecule has 0 spiro atoms. The number of amides is 1. The Bertz CT molecular complexity index is 1460. The molecule has 4 rings (SSSR count). The summed E-state index contributed by atoms with van der Waals surface area (Å²) in [7, 11) is 0. The van der Waals surface area contributed by atoms with Gasteiger partial charge < -0.3 is 20.8 Å². The summed E-state index contributed by atoms with van der Waals surface area (Å²) in [5.74, 6) is -0.0115. The average molecular weight is 547 g/mol. The van der Waals surface area contributed by atoms with Gasteiger partial charge in [-0.15, -0.1) is 0 Å². The molecule has 0 bridgehead atoms. The van der Waals surface area contributed by atoms with E-state index in [0.717, 1.165) is 38.6 Å². The van der Waals surface area contributed by atoms with Crippen LogP contribution in [0.15, 0.2) is 53.5 Å². The quantitative estimate of drug-likeness (QED) is 0.121. The van der Waals surface area contributed by atoms with Crippen LogP contribution in [0.25, 0.3) is 32.9 Å². The van der Waals surface area contributed by atoms with E-state index < -0.39 is 11.7 Å². The predicted molar refractivity (Wildman–Crippen MR) is 151 cm³/mol. The molecule has 5 N–H and O–H groups in total. The molecule has 0 aliphatic rings. The Morgan fingerprint density at radius 1 is 1.00 bits per heavy atom. The number of aliphatic imine (C=N–C) groups is 1. The molecular formula is C26H26Cl3N5O2. The van der Waals surface area contributed by atoms with Crippen LogP contribution in [0, 0.1) is 0 Å². The molecule has 1 heterocycles. The van der Waals surface area contributed by atoms with Gasteiger partial charge in [0, 0.05) is 44.6 Å². The number of carbonyl (C=O) groups excluding carboxylic acids is 1. The molecule has 0 radical (unpaired) electrons. The number of hydrogen-bond donors (Lipinski definition) is 4. The molecule has 7 nitrogen and oxygen atoms in total. The summed E-state index contributed by atoms with van der Waals surface area (Å²) >= 11 is 18.6. The van der Waals surface area contributed by atoms with E-state index in [1.54, 1.807) is 20.8 Å². The maximum absolute atomic E-state index is 11.9. The minimum Gasteiger partial charge on any atom is -0.444 e. The van der Waals surface area contributed by atoms with Crippen LogP contribution in [0.3, 0.4) is 0 Å². The third-order valence-corrected chi connectivity index (χ3v) is 6.25. The summed E-state index contributed by atoms with van der Waals surface area (Å²) in [4.78, 5) is 19.5. The Morgan fingerprint density at radius 2 is 1.64 bits per heavy atom. The number of nitrogens with one attached hydrogen (secondary N) is 3. The molecule has 36 heavy (non-hydrogen) atoms. The SMILES string of the molecule is CC(C)(C)OC(=O)NC(N)=NCCNc1cc2c(cc1-c1ccc(Cl)cc1)[nH]c1cc(Cl)c(Cl)cc12. The molecule has 0 fully saturated rings. The van der Waals surface area contributed by atoms with Crippen LogP contribution in [0.4, 0.5) is 10.5 Å². The number of guanidine groups is 1. The molecule has 0 atom stereocenters. The number of carbonyl (C=O) groups is 1. The molecular weight excluding hydrogens is 521 g/mol.